The monoisotopic (exact) mass is 570 g/mol. The Morgan fingerprint density at radius 2 is 1.73 bits per heavy atom. The Morgan fingerprint density at radius 1 is 1.08 bits per heavy atom. The van der Waals surface area contributed by atoms with Gasteiger partial charge in [-0.3, -0.25) is 0 Å². The van der Waals surface area contributed by atoms with E-state index >= 15 is 0 Å². The van der Waals surface area contributed by atoms with E-state index in [0.717, 1.165) is 18.6 Å². The molecule has 1 saturated heterocycles. The number of aliphatic hydroxyl groups is 1. The van der Waals surface area contributed by atoms with Gasteiger partial charge in [-0.25, -0.2) is 0 Å². The number of hydrogen-bond acceptors (Lipinski definition) is 5. The van der Waals surface area contributed by atoms with Gasteiger partial charge in [0, 0.05) is 17.5 Å². The highest BCUT2D eigenvalue weighted by atomic mass is 35.5. The van der Waals surface area contributed by atoms with Crippen molar-refractivity contribution in [3.63, 3.8) is 0 Å². The van der Waals surface area contributed by atoms with Crippen molar-refractivity contribution in [1.29, 1.82) is 0 Å². The summed E-state index contributed by atoms with van der Waals surface area (Å²) in [5.74, 6) is 0.922. The number of hydrogen-bond donors (Lipinski definition) is 1. The van der Waals surface area contributed by atoms with E-state index in [1.807, 2.05) is 24.3 Å². The highest BCUT2D eigenvalue weighted by Crippen LogP contribution is 2.41. The lowest BCUT2D eigenvalue weighted by molar-refractivity contribution is 0.109. The maximum Gasteiger partial charge on any atom is 0.193 e. The first-order valence-corrected chi connectivity index (χ1v) is 19.8. The lowest BCUT2D eigenvalue weighted by Gasteiger charge is -2.39. The number of rotatable bonds is 12. The summed E-state index contributed by atoms with van der Waals surface area (Å²) in [4.78, 5) is 0. The summed E-state index contributed by atoms with van der Waals surface area (Å²) in [5, 5.41) is 10.4. The van der Waals surface area contributed by atoms with Crippen LogP contribution in [-0.2, 0) is 13.6 Å². The first kappa shape index (κ1) is 32.5. The minimum absolute atomic E-state index is 0.0320. The maximum atomic E-state index is 9.55. The summed E-state index contributed by atoms with van der Waals surface area (Å²) in [5.41, 5.74) is 0. The van der Waals surface area contributed by atoms with E-state index in [9.17, 15) is 5.11 Å². The lowest BCUT2D eigenvalue weighted by atomic mass is 9.93. The normalized spacial score (nSPS) is 22.5. The standard InChI is InChI=1S/C29H51ClO5Si2/c1-28(2,3)36(7,8)34-24(20-32-23-14-11-13-22(30)19-23)16-17-26-25(15-12-18-31)27(21-33-26)35-37(9,10)29(4,5)6/h11,13-14,16-17,19,24-27,31H,12,15,18,20-21H2,1-10H3/b17-16+/t24-,25-,26-,27+/m1/s1. The molecule has 1 aromatic carbocycles. The summed E-state index contributed by atoms with van der Waals surface area (Å²) < 4.78 is 25.9. The second-order valence-electron chi connectivity index (χ2n) is 13.3. The van der Waals surface area contributed by atoms with Crippen molar-refractivity contribution < 1.29 is 23.4 Å². The first-order chi connectivity index (χ1) is 17.0. The third-order valence-electron chi connectivity index (χ3n) is 8.28. The minimum Gasteiger partial charge on any atom is -0.491 e. The molecule has 0 spiro atoms. The summed E-state index contributed by atoms with van der Waals surface area (Å²) in [6.45, 7) is 23.7. The zero-order valence-electron chi connectivity index (χ0n) is 24.8. The van der Waals surface area contributed by atoms with Gasteiger partial charge in [0.15, 0.2) is 16.6 Å². The Balaban J connectivity index is 2.23. The van der Waals surface area contributed by atoms with E-state index in [1.54, 1.807) is 0 Å². The summed E-state index contributed by atoms with van der Waals surface area (Å²) in [6.07, 6.45) is 5.56. The van der Waals surface area contributed by atoms with E-state index in [4.69, 9.17) is 29.9 Å². The predicted molar refractivity (Wildman–Crippen MR) is 160 cm³/mol. The second kappa shape index (κ2) is 13.1. The van der Waals surface area contributed by atoms with E-state index in [0.29, 0.717) is 18.2 Å². The molecular weight excluding hydrogens is 520 g/mol. The van der Waals surface area contributed by atoms with Crippen molar-refractivity contribution in [1.82, 2.24) is 0 Å². The van der Waals surface area contributed by atoms with E-state index in [2.05, 4.69) is 79.9 Å². The van der Waals surface area contributed by atoms with Gasteiger partial charge < -0.3 is 23.4 Å². The van der Waals surface area contributed by atoms with Crippen molar-refractivity contribution >= 4 is 28.2 Å². The molecule has 1 aliphatic heterocycles. The van der Waals surface area contributed by atoms with Gasteiger partial charge in [0.2, 0.25) is 0 Å². The summed E-state index contributed by atoms with van der Waals surface area (Å²) in [7, 11) is -4.00. The fourth-order valence-electron chi connectivity index (χ4n) is 3.87. The molecule has 0 saturated carbocycles. The largest absolute Gasteiger partial charge is 0.491 e. The molecule has 0 bridgehead atoms. The van der Waals surface area contributed by atoms with Gasteiger partial charge >= 0.3 is 0 Å². The van der Waals surface area contributed by atoms with Crippen molar-refractivity contribution in [2.75, 3.05) is 19.8 Å². The molecule has 1 aliphatic rings. The van der Waals surface area contributed by atoms with Crippen LogP contribution in [0.3, 0.4) is 0 Å². The van der Waals surface area contributed by atoms with Crippen LogP contribution in [0.1, 0.15) is 54.4 Å². The van der Waals surface area contributed by atoms with Gasteiger partial charge in [-0.2, -0.15) is 0 Å². The summed E-state index contributed by atoms with van der Waals surface area (Å²) >= 11 is 6.16. The van der Waals surface area contributed by atoms with Gasteiger partial charge in [0.05, 0.1) is 24.9 Å². The third kappa shape index (κ3) is 9.48. The van der Waals surface area contributed by atoms with Gasteiger partial charge in [-0.1, -0.05) is 71.4 Å². The molecule has 0 radical (unpaired) electrons. The number of benzene rings is 1. The zero-order valence-corrected chi connectivity index (χ0v) is 27.5. The van der Waals surface area contributed by atoms with Crippen LogP contribution in [0.15, 0.2) is 36.4 Å². The van der Waals surface area contributed by atoms with Gasteiger partial charge in [0.25, 0.3) is 0 Å². The summed E-state index contributed by atoms with van der Waals surface area (Å²) in [6, 6.07) is 7.46. The van der Waals surface area contributed by atoms with Crippen LogP contribution < -0.4 is 4.74 Å². The molecule has 4 atom stereocenters. The molecule has 2 rings (SSSR count). The molecule has 1 N–H and O–H groups in total. The van der Waals surface area contributed by atoms with Crippen LogP contribution in [0.4, 0.5) is 0 Å². The smallest absolute Gasteiger partial charge is 0.193 e. The number of ether oxygens (including phenoxy) is 2. The molecule has 0 aliphatic carbocycles. The van der Waals surface area contributed by atoms with Gasteiger partial charge in [0.1, 0.15) is 12.4 Å². The fourth-order valence-corrected chi connectivity index (χ4v) is 6.66. The number of halogens is 1. The zero-order chi connectivity index (χ0) is 28.1. The first-order valence-electron chi connectivity index (χ1n) is 13.6. The van der Waals surface area contributed by atoms with Crippen LogP contribution in [0.2, 0.25) is 41.3 Å². The molecule has 37 heavy (non-hydrogen) atoms. The fraction of sp³-hybridized carbons (Fsp3) is 0.724. The highest BCUT2D eigenvalue weighted by Gasteiger charge is 2.45. The second-order valence-corrected chi connectivity index (χ2v) is 23.3. The van der Waals surface area contributed by atoms with Crippen LogP contribution in [-0.4, -0.2) is 59.9 Å². The van der Waals surface area contributed by atoms with E-state index in [-0.39, 0.29) is 40.9 Å². The molecule has 8 heteroatoms. The van der Waals surface area contributed by atoms with Crippen molar-refractivity contribution in [3.8, 4) is 5.75 Å². The van der Waals surface area contributed by atoms with Crippen LogP contribution in [0, 0.1) is 5.92 Å². The SMILES string of the molecule is CC(C)(C)[Si](C)(C)O[C@H](/C=C/[C@H]1OC[C@H](O[Si](C)(C)C(C)(C)C)[C@@H]1CCCO)COc1cccc(Cl)c1. The Labute approximate surface area is 233 Å². The molecule has 0 aromatic heterocycles. The van der Waals surface area contributed by atoms with Gasteiger partial charge in [-0.15, -0.1) is 0 Å². The highest BCUT2D eigenvalue weighted by molar-refractivity contribution is 6.74. The Hall–Kier alpha value is -0.676. The topological polar surface area (TPSA) is 57.2 Å². The Morgan fingerprint density at radius 3 is 2.30 bits per heavy atom. The van der Waals surface area contributed by atoms with E-state index in [1.165, 1.54) is 0 Å². The predicted octanol–water partition coefficient (Wildman–Crippen LogP) is 7.84. The van der Waals surface area contributed by atoms with Crippen LogP contribution in [0.25, 0.3) is 0 Å². The lowest BCUT2D eigenvalue weighted by Crippen LogP contribution is -2.46. The van der Waals surface area contributed by atoms with Crippen molar-refractivity contribution in [2.24, 2.45) is 5.92 Å². The molecule has 5 nitrogen and oxygen atoms in total. The molecular formula is C29H51ClO5Si2. The van der Waals surface area contributed by atoms with E-state index < -0.39 is 16.6 Å². The van der Waals surface area contributed by atoms with Crippen molar-refractivity contribution in [3.05, 3.63) is 41.4 Å². The molecule has 0 amide bonds. The Bertz CT molecular complexity index is 876. The molecule has 212 valence electrons. The molecule has 1 aromatic rings. The maximum absolute atomic E-state index is 9.55. The average molecular weight is 571 g/mol. The molecule has 1 heterocycles. The third-order valence-corrected chi connectivity index (χ3v) is 17.5. The van der Waals surface area contributed by atoms with Gasteiger partial charge in [-0.05, 0) is 67.3 Å². The van der Waals surface area contributed by atoms with Crippen LogP contribution >= 0.6 is 11.6 Å². The van der Waals surface area contributed by atoms with Crippen LogP contribution in [0.5, 0.6) is 5.75 Å². The minimum atomic E-state index is -2.05. The molecule has 0 unspecified atom stereocenters. The molecule has 1 fully saturated rings. The Kier molecular flexibility index (Phi) is 11.5. The van der Waals surface area contributed by atoms with Crippen molar-refractivity contribution in [2.45, 2.75) is 109 Å². The average Bonchev–Trinajstić information content (AvgIpc) is 3.13. The number of aliphatic hydroxyl groups excluding tert-OH is 1. The quantitative estimate of drug-likeness (QED) is 0.205.